The van der Waals surface area contributed by atoms with Gasteiger partial charge in [0.15, 0.2) is 0 Å². The lowest BCUT2D eigenvalue weighted by molar-refractivity contribution is -0.127. The Morgan fingerprint density at radius 2 is 2.06 bits per heavy atom. The lowest BCUT2D eigenvalue weighted by Crippen LogP contribution is -2.48. The Morgan fingerprint density at radius 3 is 2.76 bits per heavy atom. The molecule has 0 saturated carbocycles. The summed E-state index contributed by atoms with van der Waals surface area (Å²) in [6.07, 6.45) is 5.45. The van der Waals surface area contributed by atoms with Crippen molar-refractivity contribution >= 4 is 23.9 Å². The number of piperazine rings is 1. The van der Waals surface area contributed by atoms with Gasteiger partial charge in [0.25, 0.3) is 0 Å². The van der Waals surface area contributed by atoms with E-state index in [4.69, 9.17) is 4.74 Å². The van der Waals surface area contributed by atoms with E-state index < -0.39 is 6.09 Å². The van der Waals surface area contributed by atoms with Crippen molar-refractivity contribution in [3.63, 3.8) is 0 Å². The molecule has 0 spiro atoms. The first-order chi connectivity index (χ1) is 16.4. The summed E-state index contributed by atoms with van der Waals surface area (Å²) in [7, 11) is 0. The molecule has 0 aliphatic carbocycles. The standard InChI is InChI=1S/C22H31N9O3/c1-5-17-12-34-22(33)31(17)21-26-16(4)25-20(27-21)24-15(3)18-11-29(13-23-18)14-28-7-9-30(10-8-28)19(32)6-2/h6,11,13,15,17H,2,5,7-10,12,14H2,1,3-4H3,(H,24,25,26,27)/t15-,17-/m0/s1. The minimum Gasteiger partial charge on any atom is -0.447 e. The van der Waals surface area contributed by atoms with Crippen LogP contribution in [-0.4, -0.2) is 85.1 Å². The van der Waals surface area contributed by atoms with Crippen molar-refractivity contribution in [1.29, 1.82) is 0 Å². The third kappa shape index (κ3) is 5.16. The summed E-state index contributed by atoms with van der Waals surface area (Å²) >= 11 is 0. The van der Waals surface area contributed by atoms with E-state index in [0.29, 0.717) is 38.1 Å². The molecule has 0 radical (unpaired) electrons. The monoisotopic (exact) mass is 469 g/mol. The van der Waals surface area contributed by atoms with E-state index in [1.807, 2.05) is 29.5 Å². The fourth-order valence-corrected chi connectivity index (χ4v) is 4.06. The molecule has 12 heteroatoms. The Kier molecular flexibility index (Phi) is 7.06. The summed E-state index contributed by atoms with van der Waals surface area (Å²) in [5, 5.41) is 3.27. The number of nitrogens with one attached hydrogen (secondary N) is 1. The van der Waals surface area contributed by atoms with Crippen molar-refractivity contribution in [3.8, 4) is 0 Å². The molecule has 4 rings (SSSR count). The minimum atomic E-state index is -0.440. The smallest absolute Gasteiger partial charge is 0.417 e. The largest absolute Gasteiger partial charge is 0.447 e. The molecular formula is C22H31N9O3. The van der Waals surface area contributed by atoms with Crippen LogP contribution in [0.1, 0.15) is 37.8 Å². The summed E-state index contributed by atoms with van der Waals surface area (Å²) in [5.41, 5.74) is 0.840. The highest BCUT2D eigenvalue weighted by molar-refractivity contribution is 5.88. The van der Waals surface area contributed by atoms with E-state index in [-0.39, 0.29) is 23.9 Å². The first-order valence-electron chi connectivity index (χ1n) is 11.5. The van der Waals surface area contributed by atoms with Gasteiger partial charge in [0, 0.05) is 32.4 Å². The number of nitrogens with zero attached hydrogens (tertiary/aromatic N) is 8. The van der Waals surface area contributed by atoms with Crippen LogP contribution >= 0.6 is 0 Å². The highest BCUT2D eigenvalue weighted by atomic mass is 16.6. The number of rotatable bonds is 8. The Bertz CT molecular complexity index is 1050. The van der Waals surface area contributed by atoms with Crippen molar-refractivity contribution in [3.05, 3.63) is 36.7 Å². The number of anilines is 2. The van der Waals surface area contributed by atoms with E-state index in [0.717, 1.165) is 25.2 Å². The summed E-state index contributed by atoms with van der Waals surface area (Å²) in [4.78, 5) is 47.2. The van der Waals surface area contributed by atoms with Gasteiger partial charge in [0.2, 0.25) is 17.8 Å². The molecule has 12 nitrogen and oxygen atoms in total. The summed E-state index contributed by atoms with van der Waals surface area (Å²) in [6.45, 7) is 13.3. The number of imidazole rings is 1. The normalized spacial score (nSPS) is 19.7. The molecule has 2 aromatic rings. The van der Waals surface area contributed by atoms with Crippen molar-refractivity contribution < 1.29 is 14.3 Å². The zero-order valence-corrected chi connectivity index (χ0v) is 19.8. The van der Waals surface area contributed by atoms with Crippen LogP contribution in [0.4, 0.5) is 16.7 Å². The Hall–Kier alpha value is -3.54. The molecule has 182 valence electrons. The van der Waals surface area contributed by atoms with Crippen LogP contribution in [0.15, 0.2) is 25.2 Å². The van der Waals surface area contributed by atoms with Crippen molar-refractivity contribution in [2.75, 3.05) is 43.0 Å². The van der Waals surface area contributed by atoms with E-state index in [9.17, 15) is 9.59 Å². The molecular weight excluding hydrogens is 438 g/mol. The number of cyclic esters (lactones) is 1. The zero-order chi connectivity index (χ0) is 24.2. The second-order valence-electron chi connectivity index (χ2n) is 8.48. The number of hydrogen-bond donors (Lipinski definition) is 1. The van der Waals surface area contributed by atoms with Crippen LogP contribution in [0.2, 0.25) is 0 Å². The number of aryl methyl sites for hydroxylation is 1. The number of carbonyl (C=O) groups excluding carboxylic acids is 2. The Labute approximate surface area is 198 Å². The molecule has 2 atom stereocenters. The number of aromatic nitrogens is 5. The Balaban J connectivity index is 1.38. The van der Waals surface area contributed by atoms with Crippen molar-refractivity contribution in [1.82, 2.24) is 34.3 Å². The van der Waals surface area contributed by atoms with Gasteiger partial charge in [-0.15, -0.1) is 0 Å². The molecule has 2 saturated heterocycles. The van der Waals surface area contributed by atoms with Gasteiger partial charge in [-0.2, -0.15) is 15.0 Å². The van der Waals surface area contributed by atoms with E-state index in [1.165, 1.54) is 11.0 Å². The SMILES string of the molecule is C=CC(=O)N1CCN(Cn2cnc([C@H](C)Nc3nc(C)nc(N4C(=O)OC[C@@H]4CC)n3)c2)CC1. The minimum absolute atomic E-state index is 0.0203. The molecule has 0 aromatic carbocycles. The highest BCUT2D eigenvalue weighted by Gasteiger charge is 2.35. The van der Waals surface area contributed by atoms with Crippen LogP contribution in [0.25, 0.3) is 0 Å². The number of hydrogen-bond acceptors (Lipinski definition) is 9. The zero-order valence-electron chi connectivity index (χ0n) is 19.8. The molecule has 2 aromatic heterocycles. The Morgan fingerprint density at radius 1 is 1.29 bits per heavy atom. The predicted molar refractivity (Wildman–Crippen MR) is 125 cm³/mol. The number of amides is 2. The molecule has 4 heterocycles. The molecule has 2 amide bonds. The first kappa shape index (κ1) is 23.6. The highest BCUT2D eigenvalue weighted by Crippen LogP contribution is 2.23. The fourth-order valence-electron chi connectivity index (χ4n) is 4.06. The average molecular weight is 470 g/mol. The molecule has 2 fully saturated rings. The van der Waals surface area contributed by atoms with E-state index in [2.05, 4.69) is 36.7 Å². The maximum atomic E-state index is 12.2. The van der Waals surface area contributed by atoms with Gasteiger partial charge >= 0.3 is 6.09 Å². The maximum absolute atomic E-state index is 12.2. The topological polar surface area (TPSA) is 122 Å². The molecule has 1 N–H and O–H groups in total. The molecule has 0 bridgehead atoms. The molecule has 2 aliphatic rings. The fraction of sp³-hybridized carbons (Fsp3) is 0.545. The van der Waals surface area contributed by atoms with Gasteiger partial charge in [-0.25, -0.2) is 14.7 Å². The van der Waals surface area contributed by atoms with Gasteiger partial charge in [0.05, 0.1) is 30.8 Å². The van der Waals surface area contributed by atoms with Gasteiger partial charge in [0.1, 0.15) is 12.4 Å². The quantitative estimate of drug-likeness (QED) is 0.574. The van der Waals surface area contributed by atoms with Crippen LogP contribution in [0, 0.1) is 6.92 Å². The van der Waals surface area contributed by atoms with Gasteiger partial charge in [-0.05, 0) is 26.3 Å². The van der Waals surface area contributed by atoms with E-state index >= 15 is 0 Å². The van der Waals surface area contributed by atoms with Gasteiger partial charge in [-0.3, -0.25) is 9.69 Å². The number of carbonyl (C=O) groups is 2. The molecule has 34 heavy (non-hydrogen) atoms. The number of ether oxygens (including phenoxy) is 1. The third-order valence-electron chi connectivity index (χ3n) is 6.05. The first-order valence-corrected chi connectivity index (χ1v) is 11.5. The van der Waals surface area contributed by atoms with Crippen LogP contribution in [-0.2, 0) is 16.2 Å². The predicted octanol–water partition coefficient (Wildman–Crippen LogP) is 1.57. The summed E-state index contributed by atoms with van der Waals surface area (Å²) in [5.74, 6) is 1.15. The van der Waals surface area contributed by atoms with Gasteiger partial charge < -0.3 is 19.5 Å². The third-order valence-corrected chi connectivity index (χ3v) is 6.05. The van der Waals surface area contributed by atoms with E-state index in [1.54, 1.807) is 13.3 Å². The second kappa shape index (κ2) is 10.2. The van der Waals surface area contributed by atoms with Crippen LogP contribution in [0.3, 0.4) is 0 Å². The molecule has 2 aliphatic heterocycles. The summed E-state index contributed by atoms with van der Waals surface area (Å²) < 4.78 is 7.19. The lowest BCUT2D eigenvalue weighted by Gasteiger charge is -2.34. The lowest BCUT2D eigenvalue weighted by atomic mass is 10.2. The average Bonchev–Trinajstić information content (AvgIpc) is 3.45. The maximum Gasteiger partial charge on any atom is 0.417 e. The van der Waals surface area contributed by atoms with Crippen LogP contribution < -0.4 is 10.2 Å². The summed E-state index contributed by atoms with van der Waals surface area (Å²) in [6, 6.07) is -0.252. The van der Waals surface area contributed by atoms with Gasteiger partial charge in [-0.1, -0.05) is 13.5 Å². The van der Waals surface area contributed by atoms with Crippen molar-refractivity contribution in [2.24, 2.45) is 0 Å². The van der Waals surface area contributed by atoms with Crippen LogP contribution in [0.5, 0.6) is 0 Å². The molecule has 0 unspecified atom stereocenters. The second-order valence-corrected chi connectivity index (χ2v) is 8.48. The van der Waals surface area contributed by atoms with Crippen molar-refractivity contribution in [2.45, 2.75) is 45.9 Å².